The van der Waals surface area contributed by atoms with Crippen molar-refractivity contribution in [1.82, 2.24) is 4.90 Å². The van der Waals surface area contributed by atoms with Gasteiger partial charge in [0.15, 0.2) is 0 Å². The first-order valence-corrected chi connectivity index (χ1v) is 6.34. The lowest BCUT2D eigenvalue weighted by Gasteiger charge is -2.17. The molecule has 0 amide bonds. The number of hydrogen-bond donors (Lipinski definition) is 1. The molecule has 0 aliphatic rings. The van der Waals surface area contributed by atoms with Crippen molar-refractivity contribution in [3.8, 4) is 0 Å². The molecule has 0 atom stereocenters. The number of hydrogen-bond acceptors (Lipinski definition) is 4. The zero-order valence-corrected chi connectivity index (χ0v) is 11.4. The molecule has 18 heavy (non-hydrogen) atoms. The molecular formula is C14H22N2O2. The van der Waals surface area contributed by atoms with E-state index in [4.69, 9.17) is 10.5 Å². The first-order chi connectivity index (χ1) is 8.58. The first kappa shape index (κ1) is 14.5. The van der Waals surface area contributed by atoms with Crippen molar-refractivity contribution in [1.29, 1.82) is 0 Å². The molecule has 0 saturated carbocycles. The van der Waals surface area contributed by atoms with Gasteiger partial charge in [-0.1, -0.05) is 13.8 Å². The highest BCUT2D eigenvalue weighted by atomic mass is 16.5. The van der Waals surface area contributed by atoms with Crippen molar-refractivity contribution in [2.45, 2.75) is 20.8 Å². The summed E-state index contributed by atoms with van der Waals surface area (Å²) in [4.78, 5) is 14.0. The second-order valence-electron chi connectivity index (χ2n) is 4.23. The van der Waals surface area contributed by atoms with Gasteiger partial charge in [-0.3, -0.25) is 0 Å². The average Bonchev–Trinajstić information content (AvgIpc) is 2.37. The Bertz CT molecular complexity index is 401. The van der Waals surface area contributed by atoms with E-state index in [2.05, 4.69) is 18.7 Å². The number of nitrogens with two attached hydrogens (primary N) is 1. The van der Waals surface area contributed by atoms with E-state index in [0.29, 0.717) is 17.9 Å². The number of aryl methyl sites for hydroxylation is 1. The quantitative estimate of drug-likeness (QED) is 0.620. The van der Waals surface area contributed by atoms with Crippen LogP contribution in [0.15, 0.2) is 18.2 Å². The van der Waals surface area contributed by atoms with Gasteiger partial charge in [0.05, 0.1) is 5.56 Å². The molecule has 0 spiro atoms. The molecule has 1 aromatic rings. The fraction of sp³-hybridized carbons (Fsp3) is 0.500. The van der Waals surface area contributed by atoms with Crippen molar-refractivity contribution in [2.75, 3.05) is 32.0 Å². The maximum atomic E-state index is 11.8. The maximum Gasteiger partial charge on any atom is 0.338 e. The fourth-order valence-electron chi connectivity index (χ4n) is 1.69. The third kappa shape index (κ3) is 4.04. The minimum atomic E-state index is -0.287. The van der Waals surface area contributed by atoms with Gasteiger partial charge >= 0.3 is 5.97 Å². The summed E-state index contributed by atoms with van der Waals surface area (Å²) in [6.45, 7) is 9.19. The number of carbonyl (C=O) groups is 1. The highest BCUT2D eigenvalue weighted by Crippen LogP contribution is 2.13. The number of benzene rings is 1. The van der Waals surface area contributed by atoms with Crippen LogP contribution in [0.5, 0.6) is 0 Å². The number of anilines is 1. The lowest BCUT2D eigenvalue weighted by molar-refractivity contribution is 0.0466. The maximum absolute atomic E-state index is 11.8. The molecule has 0 fully saturated rings. The van der Waals surface area contributed by atoms with E-state index in [1.807, 2.05) is 6.92 Å². The van der Waals surface area contributed by atoms with Gasteiger partial charge in [0.25, 0.3) is 0 Å². The SMILES string of the molecule is CCN(CC)CCOC(=O)c1ccc(N)c(C)c1. The molecule has 4 nitrogen and oxygen atoms in total. The average molecular weight is 250 g/mol. The van der Waals surface area contributed by atoms with Crippen molar-refractivity contribution >= 4 is 11.7 Å². The highest BCUT2D eigenvalue weighted by Gasteiger charge is 2.08. The van der Waals surface area contributed by atoms with E-state index in [1.54, 1.807) is 18.2 Å². The zero-order valence-electron chi connectivity index (χ0n) is 11.4. The molecular weight excluding hydrogens is 228 g/mol. The van der Waals surface area contributed by atoms with Gasteiger partial charge in [-0.25, -0.2) is 4.79 Å². The number of carbonyl (C=O) groups excluding carboxylic acids is 1. The molecule has 0 heterocycles. The Morgan fingerprint density at radius 1 is 1.33 bits per heavy atom. The zero-order chi connectivity index (χ0) is 13.5. The van der Waals surface area contributed by atoms with Gasteiger partial charge in [0.2, 0.25) is 0 Å². The van der Waals surface area contributed by atoms with Gasteiger partial charge in [-0.05, 0) is 43.8 Å². The second kappa shape index (κ2) is 7.01. The molecule has 0 unspecified atom stereocenters. The lowest BCUT2D eigenvalue weighted by atomic mass is 10.1. The minimum absolute atomic E-state index is 0.287. The second-order valence-corrected chi connectivity index (χ2v) is 4.23. The van der Waals surface area contributed by atoms with Crippen molar-refractivity contribution < 1.29 is 9.53 Å². The van der Waals surface area contributed by atoms with Gasteiger partial charge < -0.3 is 15.4 Å². The van der Waals surface area contributed by atoms with Crippen LogP contribution in [0.3, 0.4) is 0 Å². The van der Waals surface area contributed by atoms with E-state index in [9.17, 15) is 4.79 Å². The fourth-order valence-corrected chi connectivity index (χ4v) is 1.69. The smallest absolute Gasteiger partial charge is 0.338 e. The lowest BCUT2D eigenvalue weighted by Crippen LogP contribution is -2.27. The molecule has 1 aromatic carbocycles. The Kier molecular flexibility index (Phi) is 5.65. The Hall–Kier alpha value is -1.55. The molecule has 0 aliphatic carbocycles. The summed E-state index contributed by atoms with van der Waals surface area (Å²) in [5, 5.41) is 0. The van der Waals surface area contributed by atoms with Crippen LogP contribution in [0.1, 0.15) is 29.8 Å². The normalized spacial score (nSPS) is 10.7. The van der Waals surface area contributed by atoms with E-state index >= 15 is 0 Å². The number of nitrogen functional groups attached to an aromatic ring is 1. The molecule has 4 heteroatoms. The predicted molar refractivity (Wildman–Crippen MR) is 73.7 cm³/mol. The van der Waals surface area contributed by atoms with Crippen LogP contribution in [0.4, 0.5) is 5.69 Å². The summed E-state index contributed by atoms with van der Waals surface area (Å²) in [5.41, 5.74) is 7.85. The van der Waals surface area contributed by atoms with Crippen LogP contribution in [0, 0.1) is 6.92 Å². The van der Waals surface area contributed by atoms with E-state index < -0.39 is 0 Å². The molecule has 0 aliphatic heterocycles. The monoisotopic (exact) mass is 250 g/mol. The molecule has 0 radical (unpaired) electrons. The number of ether oxygens (including phenoxy) is 1. The number of likely N-dealkylation sites (N-methyl/N-ethyl adjacent to an activating group) is 1. The van der Waals surface area contributed by atoms with Gasteiger partial charge in [-0.15, -0.1) is 0 Å². The number of rotatable bonds is 6. The Morgan fingerprint density at radius 2 is 2.00 bits per heavy atom. The van der Waals surface area contributed by atoms with Crippen molar-refractivity contribution in [3.63, 3.8) is 0 Å². The van der Waals surface area contributed by atoms with Crippen LogP contribution in [0.25, 0.3) is 0 Å². The van der Waals surface area contributed by atoms with Crippen LogP contribution in [-0.2, 0) is 4.74 Å². The Labute approximate surface area is 109 Å². The van der Waals surface area contributed by atoms with Gasteiger partial charge in [0.1, 0.15) is 6.61 Å². The van der Waals surface area contributed by atoms with E-state index in [0.717, 1.165) is 25.2 Å². The topological polar surface area (TPSA) is 55.6 Å². The third-order valence-corrected chi connectivity index (χ3v) is 3.04. The molecule has 100 valence electrons. The summed E-state index contributed by atoms with van der Waals surface area (Å²) in [5.74, 6) is -0.287. The molecule has 1 rings (SSSR count). The third-order valence-electron chi connectivity index (χ3n) is 3.04. The molecule has 2 N–H and O–H groups in total. The Morgan fingerprint density at radius 3 is 2.56 bits per heavy atom. The predicted octanol–water partition coefficient (Wildman–Crippen LogP) is 2.08. The first-order valence-electron chi connectivity index (χ1n) is 6.34. The van der Waals surface area contributed by atoms with Gasteiger partial charge in [-0.2, -0.15) is 0 Å². The van der Waals surface area contributed by atoms with E-state index in [1.165, 1.54) is 0 Å². The van der Waals surface area contributed by atoms with Crippen molar-refractivity contribution in [2.24, 2.45) is 0 Å². The van der Waals surface area contributed by atoms with Crippen LogP contribution >= 0.6 is 0 Å². The summed E-state index contributed by atoms with van der Waals surface area (Å²) < 4.78 is 5.24. The van der Waals surface area contributed by atoms with Gasteiger partial charge in [0, 0.05) is 12.2 Å². The van der Waals surface area contributed by atoms with Crippen molar-refractivity contribution in [3.05, 3.63) is 29.3 Å². The summed E-state index contributed by atoms with van der Waals surface area (Å²) in [7, 11) is 0. The molecule has 0 aromatic heterocycles. The van der Waals surface area contributed by atoms with E-state index in [-0.39, 0.29) is 5.97 Å². The minimum Gasteiger partial charge on any atom is -0.461 e. The summed E-state index contributed by atoms with van der Waals surface area (Å²) in [6.07, 6.45) is 0. The van der Waals surface area contributed by atoms with Crippen LogP contribution in [0.2, 0.25) is 0 Å². The molecule has 0 saturated heterocycles. The summed E-state index contributed by atoms with van der Waals surface area (Å²) in [6, 6.07) is 5.19. The molecule has 0 bridgehead atoms. The Balaban J connectivity index is 2.48. The number of esters is 1. The highest BCUT2D eigenvalue weighted by molar-refractivity contribution is 5.90. The van der Waals surface area contributed by atoms with Crippen LogP contribution < -0.4 is 5.73 Å². The number of nitrogens with zero attached hydrogens (tertiary/aromatic N) is 1. The summed E-state index contributed by atoms with van der Waals surface area (Å²) >= 11 is 0. The largest absolute Gasteiger partial charge is 0.461 e. The van der Waals surface area contributed by atoms with Crippen LogP contribution in [-0.4, -0.2) is 37.1 Å². The standard InChI is InChI=1S/C14H22N2O2/c1-4-16(5-2)8-9-18-14(17)12-6-7-13(15)11(3)10-12/h6-7,10H,4-5,8-9,15H2,1-3H3.